The molecular weight excluding hydrogens is 581 g/mol. The number of hydrogen-bond acceptors (Lipinski definition) is 5. The van der Waals surface area contributed by atoms with Gasteiger partial charge in [0.05, 0.1) is 29.3 Å². The van der Waals surface area contributed by atoms with E-state index in [2.05, 4.69) is 39.9 Å². The summed E-state index contributed by atoms with van der Waals surface area (Å²) in [4.78, 5) is 29.0. The molecule has 4 fully saturated rings. The molecule has 0 aromatic heterocycles. The van der Waals surface area contributed by atoms with Crippen molar-refractivity contribution < 1.29 is 29.3 Å². The molecule has 0 unspecified atom stereocenters. The van der Waals surface area contributed by atoms with Gasteiger partial charge in [0.2, 0.25) is 5.91 Å². The van der Waals surface area contributed by atoms with Gasteiger partial charge in [0.1, 0.15) is 5.82 Å². The molecule has 0 spiro atoms. The van der Waals surface area contributed by atoms with Gasteiger partial charge in [-0.3, -0.25) is 9.59 Å². The quantitative estimate of drug-likeness (QED) is 0.303. The summed E-state index contributed by atoms with van der Waals surface area (Å²) >= 11 is 6.05. The van der Waals surface area contributed by atoms with Crippen molar-refractivity contribution in [2.75, 3.05) is 11.9 Å². The van der Waals surface area contributed by atoms with Crippen LogP contribution in [0.4, 0.5) is 10.1 Å². The van der Waals surface area contributed by atoms with Crippen molar-refractivity contribution in [3.63, 3.8) is 0 Å². The molecule has 1 aromatic carbocycles. The molecule has 0 saturated heterocycles. The third-order valence-electron chi connectivity index (χ3n) is 14.5. The minimum absolute atomic E-state index is 0.0417. The topological polar surface area (TPSA) is 107 Å². The molecule has 1 aromatic rings. The summed E-state index contributed by atoms with van der Waals surface area (Å²) in [6, 6.07) is 4.25. The van der Waals surface area contributed by atoms with Gasteiger partial charge in [0.15, 0.2) is 5.78 Å². The lowest BCUT2D eigenvalue weighted by molar-refractivity contribution is -0.238. The number of carbonyl (C=O) groups excluding carboxylic acids is 2. The number of amides is 1. The maximum Gasteiger partial charge on any atom is 0.231 e. The fraction of sp³-hybridized carbons (Fsp3) is 0.722. The van der Waals surface area contributed by atoms with Crippen molar-refractivity contribution in [2.45, 2.75) is 98.7 Å². The fourth-order valence-corrected chi connectivity index (χ4v) is 11.9. The third kappa shape index (κ3) is 4.07. The van der Waals surface area contributed by atoms with Gasteiger partial charge >= 0.3 is 0 Å². The molecular formula is C36H49ClFNO5. The number of aliphatic hydroxyl groups is 3. The first-order chi connectivity index (χ1) is 20.5. The fourth-order valence-electron chi connectivity index (χ4n) is 11.7. The van der Waals surface area contributed by atoms with Crippen molar-refractivity contribution in [3.8, 4) is 0 Å². The van der Waals surface area contributed by atoms with Crippen molar-refractivity contribution in [1.29, 1.82) is 0 Å². The minimum Gasteiger partial charge on any atom is -0.396 e. The van der Waals surface area contributed by atoms with Crippen LogP contribution in [-0.2, 0) is 9.59 Å². The van der Waals surface area contributed by atoms with Gasteiger partial charge < -0.3 is 20.6 Å². The summed E-state index contributed by atoms with van der Waals surface area (Å²) in [5.74, 6) is -0.674. The molecule has 6 rings (SSSR count). The molecule has 6 nitrogen and oxygen atoms in total. The SMILES string of the molecule is C[C@H]1[C@H](C)CC[C@]2(C(=O)Nc3ccc(F)c(Cl)c3)CC[C@]3(C)C(=CC(=O)[C@@H]4[C@@]5(C)C[C@@H](O)[C@H](O)[C@@](C)(CO)[C@@H]5CC[C@]43C)[C@H]12. The van der Waals surface area contributed by atoms with Crippen LogP contribution in [-0.4, -0.2) is 45.8 Å². The Balaban J connectivity index is 1.45. The number of fused-ring (bicyclic) bond motifs is 7. The number of anilines is 1. The van der Waals surface area contributed by atoms with Crippen LogP contribution in [0.2, 0.25) is 5.02 Å². The second-order valence-electron chi connectivity index (χ2n) is 16.3. The number of halogens is 2. The lowest BCUT2D eigenvalue weighted by Gasteiger charge is -2.71. The largest absolute Gasteiger partial charge is 0.396 e. The van der Waals surface area contributed by atoms with Crippen LogP contribution in [0.5, 0.6) is 0 Å². The van der Waals surface area contributed by atoms with E-state index in [0.717, 1.165) is 31.3 Å². The van der Waals surface area contributed by atoms with Gasteiger partial charge in [-0.05, 0) is 109 Å². The van der Waals surface area contributed by atoms with E-state index in [1.54, 1.807) is 0 Å². The molecule has 0 radical (unpaired) electrons. The molecule has 4 N–H and O–H groups in total. The van der Waals surface area contributed by atoms with Crippen molar-refractivity contribution in [3.05, 3.63) is 40.7 Å². The molecule has 0 aliphatic heterocycles. The highest BCUT2D eigenvalue weighted by Crippen LogP contribution is 2.75. The zero-order chi connectivity index (χ0) is 32.2. The molecule has 0 heterocycles. The van der Waals surface area contributed by atoms with Crippen LogP contribution in [0.3, 0.4) is 0 Å². The number of nitrogens with one attached hydrogen (secondary N) is 1. The van der Waals surface area contributed by atoms with E-state index in [-0.39, 0.29) is 52.4 Å². The Bertz CT molecular complexity index is 1420. The summed E-state index contributed by atoms with van der Waals surface area (Å²) in [7, 11) is 0. The monoisotopic (exact) mass is 629 g/mol. The Morgan fingerprint density at radius 2 is 1.77 bits per heavy atom. The Morgan fingerprint density at radius 3 is 2.43 bits per heavy atom. The Labute approximate surface area is 265 Å². The number of aliphatic hydroxyl groups excluding tert-OH is 3. The number of hydrogen-bond donors (Lipinski definition) is 4. The number of rotatable bonds is 3. The summed E-state index contributed by atoms with van der Waals surface area (Å²) < 4.78 is 13.9. The van der Waals surface area contributed by atoms with E-state index in [9.17, 15) is 29.3 Å². The summed E-state index contributed by atoms with van der Waals surface area (Å²) in [5.41, 5.74) is -1.45. The van der Waals surface area contributed by atoms with E-state index in [1.807, 2.05) is 13.0 Å². The van der Waals surface area contributed by atoms with E-state index in [4.69, 9.17) is 11.6 Å². The average Bonchev–Trinajstić information content (AvgIpc) is 2.96. The predicted molar refractivity (Wildman–Crippen MR) is 168 cm³/mol. The summed E-state index contributed by atoms with van der Waals surface area (Å²) in [6.45, 7) is 12.7. The summed E-state index contributed by atoms with van der Waals surface area (Å²) in [6.07, 6.45) is 4.66. The zero-order valence-electron chi connectivity index (χ0n) is 26.9. The van der Waals surface area contributed by atoms with E-state index in [1.165, 1.54) is 18.2 Å². The average molecular weight is 630 g/mol. The number of carbonyl (C=O) groups is 2. The van der Waals surface area contributed by atoms with E-state index in [0.29, 0.717) is 30.9 Å². The molecule has 5 aliphatic carbocycles. The molecule has 12 atom stereocenters. The highest BCUT2D eigenvalue weighted by Gasteiger charge is 2.72. The van der Waals surface area contributed by atoms with Gasteiger partial charge in [-0.2, -0.15) is 0 Å². The first-order valence-electron chi connectivity index (χ1n) is 16.5. The normalized spacial score (nSPS) is 48.3. The number of benzene rings is 1. The van der Waals surface area contributed by atoms with Crippen LogP contribution >= 0.6 is 11.6 Å². The van der Waals surface area contributed by atoms with Gasteiger partial charge in [-0.25, -0.2) is 4.39 Å². The predicted octanol–water partition coefficient (Wildman–Crippen LogP) is 6.56. The van der Waals surface area contributed by atoms with Crippen LogP contribution in [0, 0.1) is 62.5 Å². The van der Waals surface area contributed by atoms with Crippen LogP contribution in [0.15, 0.2) is 29.8 Å². The molecule has 4 saturated carbocycles. The molecule has 1 amide bonds. The Hall–Kier alpha value is -1.80. The van der Waals surface area contributed by atoms with Crippen molar-refractivity contribution in [2.24, 2.45) is 56.7 Å². The van der Waals surface area contributed by atoms with Gasteiger partial charge in [0, 0.05) is 17.0 Å². The second-order valence-corrected chi connectivity index (χ2v) is 16.7. The number of allylic oxidation sites excluding steroid dienone is 2. The minimum atomic E-state index is -1.05. The molecule has 242 valence electrons. The molecule has 5 aliphatic rings. The highest BCUT2D eigenvalue weighted by molar-refractivity contribution is 6.31. The summed E-state index contributed by atoms with van der Waals surface area (Å²) in [5, 5.41) is 35.7. The van der Waals surface area contributed by atoms with Gasteiger partial charge in [0.25, 0.3) is 0 Å². The molecule has 8 heteroatoms. The first kappa shape index (κ1) is 32.2. The smallest absolute Gasteiger partial charge is 0.231 e. The lowest BCUT2D eigenvalue weighted by atomic mass is 9.33. The van der Waals surface area contributed by atoms with Crippen LogP contribution < -0.4 is 5.32 Å². The second kappa shape index (κ2) is 10.4. The Morgan fingerprint density at radius 1 is 1.07 bits per heavy atom. The number of ketones is 1. The van der Waals surface area contributed by atoms with E-state index >= 15 is 0 Å². The zero-order valence-corrected chi connectivity index (χ0v) is 27.7. The first-order valence-corrected chi connectivity index (χ1v) is 16.9. The molecule has 0 bridgehead atoms. The van der Waals surface area contributed by atoms with Crippen molar-refractivity contribution >= 4 is 29.0 Å². The van der Waals surface area contributed by atoms with Gasteiger partial charge in [-0.1, -0.05) is 58.7 Å². The maximum atomic E-state index is 14.6. The van der Waals surface area contributed by atoms with Crippen molar-refractivity contribution in [1.82, 2.24) is 0 Å². The van der Waals surface area contributed by atoms with Crippen LogP contribution in [0.1, 0.15) is 86.5 Å². The third-order valence-corrected chi connectivity index (χ3v) is 14.7. The van der Waals surface area contributed by atoms with Crippen LogP contribution in [0.25, 0.3) is 0 Å². The van der Waals surface area contributed by atoms with E-state index < -0.39 is 39.7 Å². The van der Waals surface area contributed by atoms with Gasteiger partial charge in [-0.15, -0.1) is 0 Å². The standard InChI is InChI=1S/C36H49ClFNO5/c1-19-9-12-36(31(44)39-21-7-8-24(38)23(37)15-21)14-13-34(5)22(28(36)20(19)2)16-25(41)29-32(3)17-26(42)30(43)33(4,18-40)27(32)10-11-35(29,34)6/h7-8,15-16,19-20,26-30,40,42-43H,9-14,17-18H2,1-6H3,(H,39,44)/t19-,20+,26-,27-,28+,29-,30+,32+,33+,34-,35-,36+/m1/s1. The Kier molecular flexibility index (Phi) is 7.56. The molecule has 44 heavy (non-hydrogen) atoms. The lowest BCUT2D eigenvalue weighted by Crippen LogP contribution is -2.70. The maximum absolute atomic E-state index is 14.6. The highest BCUT2D eigenvalue weighted by atomic mass is 35.5.